The maximum Gasteiger partial charge on any atom is 0.256 e. The van der Waals surface area contributed by atoms with E-state index in [1.807, 2.05) is 84.9 Å². The lowest BCUT2D eigenvalue weighted by Crippen LogP contribution is -2.12. The molecule has 0 bridgehead atoms. The average Bonchev–Trinajstić information content (AvgIpc) is 3.08. The summed E-state index contributed by atoms with van der Waals surface area (Å²) in [7, 11) is 1.65. The second-order valence-corrected chi connectivity index (χ2v) is 6.30. The maximum absolute atomic E-state index is 12.8. The molecule has 132 valence electrons. The number of hydrogen-bond acceptors (Lipinski definition) is 2. The number of amides is 1. The minimum absolute atomic E-state index is 0.105. The smallest absolute Gasteiger partial charge is 0.256 e. The van der Waals surface area contributed by atoms with Gasteiger partial charge in [0.2, 0.25) is 0 Å². The van der Waals surface area contributed by atoms with Crippen LogP contribution < -0.4 is 10.1 Å². The van der Waals surface area contributed by atoms with Gasteiger partial charge in [-0.05, 0) is 58.7 Å². The predicted molar refractivity (Wildman–Crippen MR) is 110 cm³/mol. The fraction of sp³-hybridized carbons (Fsp3) is 0.0417. The van der Waals surface area contributed by atoms with Crippen LogP contribution in [-0.4, -0.2) is 13.0 Å². The Morgan fingerprint density at radius 3 is 2.22 bits per heavy atom. The normalized spacial score (nSPS) is 13.8. The first-order valence-electron chi connectivity index (χ1n) is 8.78. The van der Waals surface area contributed by atoms with Gasteiger partial charge < -0.3 is 10.1 Å². The number of carbonyl (C=O) groups excluding carboxylic acids is 1. The Hall–Kier alpha value is -3.59. The molecule has 0 aromatic heterocycles. The molecule has 0 saturated carbocycles. The number of rotatable bonds is 4. The van der Waals surface area contributed by atoms with Gasteiger partial charge in [-0.3, -0.25) is 4.79 Å². The zero-order valence-electron chi connectivity index (χ0n) is 15.0. The van der Waals surface area contributed by atoms with Crippen LogP contribution in [0.3, 0.4) is 0 Å². The highest BCUT2D eigenvalue weighted by molar-refractivity contribution is 6.30. The summed E-state index contributed by atoms with van der Waals surface area (Å²) in [6.45, 7) is 0. The Balaban J connectivity index is 1.68. The third kappa shape index (κ3) is 3.53. The van der Waals surface area contributed by atoms with Gasteiger partial charge in [-0.2, -0.15) is 0 Å². The van der Waals surface area contributed by atoms with Crippen molar-refractivity contribution in [1.29, 1.82) is 0 Å². The van der Waals surface area contributed by atoms with Crippen LogP contribution in [0.4, 0.5) is 5.69 Å². The quantitative estimate of drug-likeness (QED) is 0.694. The van der Waals surface area contributed by atoms with E-state index in [4.69, 9.17) is 4.74 Å². The van der Waals surface area contributed by atoms with Gasteiger partial charge in [0.1, 0.15) is 5.75 Å². The number of ether oxygens (including phenoxy) is 1. The predicted octanol–water partition coefficient (Wildman–Crippen LogP) is 5.27. The summed E-state index contributed by atoms with van der Waals surface area (Å²) in [5.74, 6) is 0.717. The third-order valence-electron chi connectivity index (χ3n) is 4.54. The lowest BCUT2D eigenvalue weighted by molar-refractivity contribution is -0.111. The van der Waals surface area contributed by atoms with E-state index in [2.05, 4.69) is 11.4 Å². The van der Waals surface area contributed by atoms with E-state index in [0.29, 0.717) is 5.57 Å². The summed E-state index contributed by atoms with van der Waals surface area (Å²) in [6.07, 6.45) is 4.04. The van der Waals surface area contributed by atoms with Gasteiger partial charge in [0.15, 0.2) is 0 Å². The SMILES string of the molecule is COc1ccc(/C=C2\C=C(C(=O)Nc3ccccc3)c3ccccc32)cc1. The number of methoxy groups -OCH3 is 1. The van der Waals surface area contributed by atoms with Crippen molar-refractivity contribution in [2.24, 2.45) is 0 Å². The average molecular weight is 353 g/mol. The zero-order chi connectivity index (χ0) is 18.6. The summed E-state index contributed by atoms with van der Waals surface area (Å²) in [4.78, 5) is 12.8. The van der Waals surface area contributed by atoms with Crippen LogP contribution in [0.1, 0.15) is 16.7 Å². The van der Waals surface area contributed by atoms with Gasteiger partial charge in [0.25, 0.3) is 5.91 Å². The van der Waals surface area contributed by atoms with Gasteiger partial charge in [-0.1, -0.05) is 54.6 Å². The van der Waals surface area contributed by atoms with E-state index >= 15 is 0 Å². The van der Waals surface area contributed by atoms with Crippen LogP contribution in [0.25, 0.3) is 17.2 Å². The van der Waals surface area contributed by atoms with E-state index in [1.165, 1.54) is 0 Å². The highest BCUT2D eigenvalue weighted by Gasteiger charge is 2.23. The highest BCUT2D eigenvalue weighted by atomic mass is 16.5. The van der Waals surface area contributed by atoms with Crippen molar-refractivity contribution in [2.75, 3.05) is 12.4 Å². The Labute approximate surface area is 158 Å². The number of benzene rings is 3. The Bertz CT molecular complexity index is 1030. The maximum atomic E-state index is 12.8. The number of nitrogens with one attached hydrogen (secondary N) is 1. The molecule has 3 aromatic carbocycles. The number of para-hydroxylation sites is 1. The molecule has 0 heterocycles. The molecule has 1 aliphatic rings. The van der Waals surface area contributed by atoms with E-state index in [0.717, 1.165) is 33.7 Å². The van der Waals surface area contributed by atoms with Gasteiger partial charge in [-0.25, -0.2) is 0 Å². The molecule has 0 fully saturated rings. The van der Waals surface area contributed by atoms with Gasteiger partial charge in [-0.15, -0.1) is 0 Å². The Kier molecular flexibility index (Phi) is 4.58. The van der Waals surface area contributed by atoms with Crippen molar-refractivity contribution in [2.45, 2.75) is 0 Å². The molecule has 1 aliphatic carbocycles. The largest absolute Gasteiger partial charge is 0.497 e. The lowest BCUT2D eigenvalue weighted by Gasteiger charge is -2.07. The summed E-state index contributed by atoms with van der Waals surface area (Å²) in [6, 6.07) is 25.4. The van der Waals surface area contributed by atoms with Crippen molar-refractivity contribution in [3.8, 4) is 5.75 Å². The van der Waals surface area contributed by atoms with Crippen LogP contribution in [0, 0.1) is 0 Å². The standard InChI is InChI=1S/C24H19NO2/c1-27-20-13-11-17(12-14-20)15-18-16-23(22-10-6-5-9-21(18)22)24(26)25-19-7-3-2-4-8-19/h2-16H,1H3,(H,25,26)/b18-15+. The number of carbonyl (C=O) groups is 1. The van der Waals surface area contributed by atoms with Crippen LogP contribution in [0.2, 0.25) is 0 Å². The van der Waals surface area contributed by atoms with Gasteiger partial charge in [0, 0.05) is 11.3 Å². The second kappa shape index (κ2) is 7.34. The van der Waals surface area contributed by atoms with Crippen LogP contribution in [0.15, 0.2) is 84.9 Å². The summed E-state index contributed by atoms with van der Waals surface area (Å²) in [5.41, 5.74) is 5.55. The molecule has 3 nitrogen and oxygen atoms in total. The number of anilines is 1. The Morgan fingerprint density at radius 2 is 1.52 bits per heavy atom. The minimum Gasteiger partial charge on any atom is -0.497 e. The lowest BCUT2D eigenvalue weighted by atomic mass is 10.0. The topological polar surface area (TPSA) is 38.3 Å². The van der Waals surface area contributed by atoms with Crippen molar-refractivity contribution < 1.29 is 9.53 Å². The highest BCUT2D eigenvalue weighted by Crippen LogP contribution is 2.37. The van der Waals surface area contributed by atoms with E-state index < -0.39 is 0 Å². The van der Waals surface area contributed by atoms with E-state index in [1.54, 1.807) is 7.11 Å². The molecule has 0 radical (unpaired) electrons. The second-order valence-electron chi connectivity index (χ2n) is 6.30. The number of allylic oxidation sites excluding steroid dienone is 2. The molecule has 1 N–H and O–H groups in total. The van der Waals surface area contributed by atoms with Crippen molar-refractivity contribution in [3.63, 3.8) is 0 Å². The molecule has 3 aromatic rings. The molecule has 3 heteroatoms. The van der Waals surface area contributed by atoms with Gasteiger partial charge >= 0.3 is 0 Å². The fourth-order valence-corrected chi connectivity index (χ4v) is 3.19. The van der Waals surface area contributed by atoms with Crippen LogP contribution in [0.5, 0.6) is 5.75 Å². The molecule has 0 unspecified atom stereocenters. The Morgan fingerprint density at radius 1 is 0.852 bits per heavy atom. The molecule has 1 amide bonds. The summed E-state index contributed by atoms with van der Waals surface area (Å²) < 4.78 is 5.21. The first-order chi connectivity index (χ1) is 13.2. The molecular weight excluding hydrogens is 334 g/mol. The minimum atomic E-state index is -0.105. The zero-order valence-corrected chi connectivity index (χ0v) is 15.0. The third-order valence-corrected chi connectivity index (χ3v) is 4.54. The molecule has 4 rings (SSSR count). The number of hydrogen-bond donors (Lipinski definition) is 1. The van der Waals surface area contributed by atoms with Crippen molar-refractivity contribution in [3.05, 3.63) is 102 Å². The summed E-state index contributed by atoms with van der Waals surface area (Å²) >= 11 is 0. The van der Waals surface area contributed by atoms with E-state index in [-0.39, 0.29) is 5.91 Å². The van der Waals surface area contributed by atoms with Crippen molar-refractivity contribution >= 4 is 28.8 Å². The first kappa shape index (κ1) is 16.9. The molecule has 0 aliphatic heterocycles. The van der Waals surface area contributed by atoms with E-state index in [9.17, 15) is 4.79 Å². The van der Waals surface area contributed by atoms with Crippen molar-refractivity contribution in [1.82, 2.24) is 0 Å². The fourth-order valence-electron chi connectivity index (χ4n) is 3.19. The molecule has 27 heavy (non-hydrogen) atoms. The molecule has 0 atom stereocenters. The summed E-state index contributed by atoms with van der Waals surface area (Å²) in [5, 5.41) is 2.97. The first-order valence-corrected chi connectivity index (χ1v) is 8.78. The van der Waals surface area contributed by atoms with Crippen LogP contribution in [-0.2, 0) is 4.79 Å². The molecular formula is C24H19NO2. The molecule has 0 saturated heterocycles. The molecule has 0 spiro atoms. The number of fused-ring (bicyclic) bond motifs is 1. The van der Waals surface area contributed by atoms with Gasteiger partial charge in [0.05, 0.1) is 7.11 Å². The van der Waals surface area contributed by atoms with Crippen LogP contribution >= 0.6 is 0 Å². The monoisotopic (exact) mass is 353 g/mol.